The van der Waals surface area contributed by atoms with Crippen molar-refractivity contribution in [2.45, 2.75) is 6.54 Å². The maximum absolute atomic E-state index is 10.9. The average Bonchev–Trinajstić information content (AvgIpc) is 2.75. The van der Waals surface area contributed by atoms with Gasteiger partial charge in [0.2, 0.25) is 0 Å². The molecule has 0 aliphatic rings. The van der Waals surface area contributed by atoms with Crippen molar-refractivity contribution in [3.63, 3.8) is 0 Å². The second-order valence-corrected chi connectivity index (χ2v) is 5.13. The summed E-state index contributed by atoms with van der Waals surface area (Å²) >= 11 is 3.62. The van der Waals surface area contributed by atoms with Crippen LogP contribution in [0.15, 0.2) is 23.8 Å². The largest absolute Gasteiger partial charge is 0.477 e. The van der Waals surface area contributed by atoms with Gasteiger partial charge in [0.05, 0.1) is 6.54 Å². The van der Waals surface area contributed by atoms with E-state index in [0.717, 1.165) is 8.58 Å². The summed E-state index contributed by atoms with van der Waals surface area (Å²) < 4.78 is 2.62. The minimum absolute atomic E-state index is 0.301. The maximum atomic E-state index is 10.9. The number of hydrogen-bond acceptors (Lipinski definition) is 3. The average molecular weight is 334 g/mol. The van der Waals surface area contributed by atoms with Crippen LogP contribution >= 0.6 is 33.9 Å². The number of rotatable bonds is 3. The Morgan fingerprint density at radius 3 is 3.07 bits per heavy atom. The molecule has 2 aromatic heterocycles. The molecule has 0 radical (unpaired) electrons. The first-order chi connectivity index (χ1) is 7.16. The molecule has 0 aliphatic carbocycles. The first kappa shape index (κ1) is 10.6. The van der Waals surface area contributed by atoms with E-state index < -0.39 is 5.97 Å². The van der Waals surface area contributed by atoms with E-state index in [-0.39, 0.29) is 0 Å². The van der Waals surface area contributed by atoms with Gasteiger partial charge in [0, 0.05) is 21.3 Å². The molecule has 0 aromatic carbocycles. The smallest absolute Gasteiger partial charge is 0.352 e. The fourth-order valence-electron chi connectivity index (χ4n) is 1.26. The summed E-state index contributed by atoms with van der Waals surface area (Å²) in [4.78, 5) is 15.0. The van der Waals surface area contributed by atoms with Crippen molar-refractivity contribution in [3.05, 3.63) is 38.1 Å². The number of carbonyl (C=O) groups is 1. The molecule has 0 bridgehead atoms. The lowest BCUT2D eigenvalue weighted by Crippen LogP contribution is -2.08. The number of thiazole rings is 1. The van der Waals surface area contributed by atoms with Crippen LogP contribution in [-0.2, 0) is 6.54 Å². The van der Waals surface area contributed by atoms with Gasteiger partial charge in [-0.2, -0.15) is 0 Å². The molecule has 2 aromatic rings. The summed E-state index contributed by atoms with van der Waals surface area (Å²) in [6, 6.07) is 1.65. The fraction of sp³-hybridized carbons (Fsp3) is 0.111. The lowest BCUT2D eigenvalue weighted by molar-refractivity contribution is 0.0685. The highest BCUT2D eigenvalue weighted by molar-refractivity contribution is 14.1. The van der Waals surface area contributed by atoms with Crippen LogP contribution in [0.1, 0.15) is 15.5 Å². The third-order valence-electron chi connectivity index (χ3n) is 1.87. The second-order valence-electron chi connectivity index (χ2n) is 2.90. The third kappa shape index (κ3) is 2.37. The molecule has 0 atom stereocenters. The van der Waals surface area contributed by atoms with Crippen LogP contribution in [0.5, 0.6) is 0 Å². The summed E-state index contributed by atoms with van der Waals surface area (Å²) in [6.45, 7) is 0.516. The van der Waals surface area contributed by atoms with Crippen molar-refractivity contribution in [2.75, 3.05) is 0 Å². The highest BCUT2D eigenvalue weighted by Gasteiger charge is 2.12. The van der Waals surface area contributed by atoms with E-state index in [4.69, 9.17) is 5.11 Å². The summed E-state index contributed by atoms with van der Waals surface area (Å²) in [5.41, 5.74) is 0.301. The van der Waals surface area contributed by atoms with E-state index >= 15 is 0 Å². The van der Waals surface area contributed by atoms with E-state index in [9.17, 15) is 4.79 Å². The Morgan fingerprint density at radius 1 is 1.67 bits per heavy atom. The number of aromatic carboxylic acids is 1. The van der Waals surface area contributed by atoms with Gasteiger partial charge in [0.15, 0.2) is 0 Å². The van der Waals surface area contributed by atoms with Crippen molar-refractivity contribution >= 4 is 39.9 Å². The molecule has 2 heterocycles. The second kappa shape index (κ2) is 4.31. The van der Waals surface area contributed by atoms with Crippen LogP contribution in [-0.4, -0.2) is 20.6 Å². The number of halogens is 1. The molecule has 15 heavy (non-hydrogen) atoms. The van der Waals surface area contributed by atoms with Crippen molar-refractivity contribution in [2.24, 2.45) is 0 Å². The number of nitrogens with zero attached hydrogens (tertiary/aromatic N) is 2. The minimum atomic E-state index is -0.908. The van der Waals surface area contributed by atoms with Gasteiger partial charge < -0.3 is 9.67 Å². The Bertz CT molecular complexity index is 478. The zero-order valence-corrected chi connectivity index (χ0v) is 10.5. The van der Waals surface area contributed by atoms with Gasteiger partial charge in [-0.25, -0.2) is 9.78 Å². The number of carboxylic acid groups (broad SMARTS) is 1. The number of aromatic nitrogens is 2. The van der Waals surface area contributed by atoms with Crippen LogP contribution in [0.4, 0.5) is 0 Å². The fourth-order valence-corrected chi connectivity index (χ4v) is 2.51. The first-order valence-corrected chi connectivity index (χ1v) is 6.10. The summed E-state index contributed by atoms with van der Waals surface area (Å²) in [7, 11) is 0. The van der Waals surface area contributed by atoms with Crippen molar-refractivity contribution in [1.82, 2.24) is 9.55 Å². The molecule has 0 aliphatic heterocycles. The maximum Gasteiger partial charge on any atom is 0.352 e. The predicted molar refractivity (Wildman–Crippen MR) is 65.3 cm³/mol. The number of carboxylic acids is 1. The first-order valence-electron chi connectivity index (χ1n) is 4.14. The molecule has 0 amide bonds. The summed E-state index contributed by atoms with van der Waals surface area (Å²) in [5, 5.41) is 11.8. The Balaban J connectivity index is 2.31. The number of hydrogen-bond donors (Lipinski definition) is 1. The van der Waals surface area contributed by atoms with Gasteiger partial charge in [-0.05, 0) is 28.7 Å². The molecule has 0 unspecified atom stereocenters. The summed E-state index contributed by atoms with van der Waals surface area (Å²) in [6.07, 6.45) is 3.53. The van der Waals surface area contributed by atoms with E-state index in [1.54, 1.807) is 16.8 Å². The molecule has 6 heteroatoms. The lowest BCUT2D eigenvalue weighted by Gasteiger charge is -2.02. The van der Waals surface area contributed by atoms with Gasteiger partial charge in [0.1, 0.15) is 10.7 Å². The van der Waals surface area contributed by atoms with Gasteiger partial charge in [0.25, 0.3) is 0 Å². The molecule has 2 rings (SSSR count). The molecule has 1 N–H and O–H groups in total. The normalized spacial score (nSPS) is 10.5. The van der Waals surface area contributed by atoms with Crippen LogP contribution in [0.3, 0.4) is 0 Å². The Morgan fingerprint density at radius 2 is 2.47 bits per heavy atom. The molecule has 78 valence electrons. The molecule has 4 nitrogen and oxygen atoms in total. The van der Waals surface area contributed by atoms with Crippen LogP contribution < -0.4 is 0 Å². The van der Waals surface area contributed by atoms with Gasteiger partial charge in [-0.3, -0.25) is 0 Å². The SMILES string of the molecule is O=C(O)c1cc(I)cn1Cc1nccs1. The van der Waals surface area contributed by atoms with Gasteiger partial charge in [-0.15, -0.1) is 11.3 Å². The Hall–Kier alpha value is -0.890. The zero-order valence-electron chi connectivity index (χ0n) is 7.55. The highest BCUT2D eigenvalue weighted by Crippen LogP contribution is 2.14. The van der Waals surface area contributed by atoms with Crippen molar-refractivity contribution in [1.29, 1.82) is 0 Å². The monoisotopic (exact) mass is 334 g/mol. The topological polar surface area (TPSA) is 55.1 Å². The molecule has 0 saturated heterocycles. The van der Waals surface area contributed by atoms with Crippen LogP contribution in [0, 0.1) is 3.57 Å². The lowest BCUT2D eigenvalue weighted by atomic mass is 10.4. The van der Waals surface area contributed by atoms with E-state index in [2.05, 4.69) is 27.6 Å². The third-order valence-corrected chi connectivity index (χ3v) is 3.23. The Labute approximate surface area is 104 Å². The van der Waals surface area contributed by atoms with Gasteiger partial charge in [-0.1, -0.05) is 0 Å². The van der Waals surface area contributed by atoms with Crippen molar-refractivity contribution in [3.8, 4) is 0 Å². The Kier molecular flexibility index (Phi) is 3.06. The van der Waals surface area contributed by atoms with E-state index in [1.807, 2.05) is 11.6 Å². The van der Waals surface area contributed by atoms with Crippen molar-refractivity contribution < 1.29 is 9.90 Å². The standard InChI is InChI=1S/C9H7IN2O2S/c10-6-3-7(9(13)14)12(4-6)5-8-11-1-2-15-8/h1-4H,5H2,(H,13,14). The van der Waals surface area contributed by atoms with Gasteiger partial charge >= 0.3 is 5.97 Å². The quantitative estimate of drug-likeness (QED) is 0.877. The zero-order chi connectivity index (χ0) is 10.8. The van der Waals surface area contributed by atoms with Crippen LogP contribution in [0.25, 0.3) is 0 Å². The molecule has 0 spiro atoms. The van der Waals surface area contributed by atoms with E-state index in [1.165, 1.54) is 11.3 Å². The van der Waals surface area contributed by atoms with Crippen LogP contribution in [0.2, 0.25) is 0 Å². The highest BCUT2D eigenvalue weighted by atomic mass is 127. The molecular formula is C9H7IN2O2S. The minimum Gasteiger partial charge on any atom is -0.477 e. The molecular weight excluding hydrogens is 327 g/mol. The molecule has 0 fully saturated rings. The van der Waals surface area contributed by atoms with E-state index in [0.29, 0.717) is 12.2 Å². The predicted octanol–water partition coefficient (Wildman–Crippen LogP) is 2.30. The molecule has 0 saturated carbocycles. The summed E-state index contributed by atoms with van der Waals surface area (Å²) in [5.74, 6) is -0.908.